The minimum Gasteiger partial charge on any atom is -0.497 e. The van der Waals surface area contributed by atoms with Crippen LogP contribution in [0, 0.1) is 6.92 Å². The topological polar surface area (TPSA) is 46.5 Å². The second-order valence-electron chi connectivity index (χ2n) is 4.15. The predicted octanol–water partition coefficient (Wildman–Crippen LogP) is 4.02. The number of methoxy groups -OCH3 is 1. The molecule has 2 aromatic rings. The van der Waals surface area contributed by atoms with Gasteiger partial charge in [0.25, 0.3) is 0 Å². The molecule has 0 radical (unpaired) electrons. The SMILES string of the molecule is COc1ccc(Cl)c(-c2cccc(C)c2C(=O)O)c1. The van der Waals surface area contributed by atoms with Crippen molar-refractivity contribution in [3.63, 3.8) is 0 Å². The zero-order chi connectivity index (χ0) is 14.0. The van der Waals surface area contributed by atoms with Crippen LogP contribution in [0.2, 0.25) is 5.02 Å². The van der Waals surface area contributed by atoms with Gasteiger partial charge in [0.1, 0.15) is 5.75 Å². The number of rotatable bonds is 3. The van der Waals surface area contributed by atoms with E-state index in [1.165, 1.54) is 0 Å². The summed E-state index contributed by atoms with van der Waals surface area (Å²) in [5.41, 5.74) is 2.21. The van der Waals surface area contributed by atoms with Crippen molar-refractivity contribution in [2.24, 2.45) is 0 Å². The Hall–Kier alpha value is -2.00. The molecule has 3 nitrogen and oxygen atoms in total. The number of hydrogen-bond donors (Lipinski definition) is 1. The maximum Gasteiger partial charge on any atom is 0.336 e. The Morgan fingerprint density at radius 2 is 1.95 bits per heavy atom. The first-order valence-electron chi connectivity index (χ1n) is 5.71. The smallest absolute Gasteiger partial charge is 0.336 e. The van der Waals surface area contributed by atoms with Gasteiger partial charge in [-0.2, -0.15) is 0 Å². The van der Waals surface area contributed by atoms with Crippen LogP contribution in [-0.4, -0.2) is 18.2 Å². The summed E-state index contributed by atoms with van der Waals surface area (Å²) in [7, 11) is 1.56. The zero-order valence-corrected chi connectivity index (χ0v) is 11.4. The summed E-state index contributed by atoms with van der Waals surface area (Å²) in [4.78, 5) is 11.4. The van der Waals surface area contributed by atoms with Crippen molar-refractivity contribution >= 4 is 17.6 Å². The average molecular weight is 277 g/mol. The third kappa shape index (κ3) is 2.56. The molecule has 0 saturated heterocycles. The van der Waals surface area contributed by atoms with Gasteiger partial charge < -0.3 is 9.84 Å². The Morgan fingerprint density at radius 3 is 2.58 bits per heavy atom. The van der Waals surface area contributed by atoms with Gasteiger partial charge in [0.2, 0.25) is 0 Å². The van der Waals surface area contributed by atoms with E-state index in [-0.39, 0.29) is 5.56 Å². The van der Waals surface area contributed by atoms with Crippen LogP contribution in [0.5, 0.6) is 5.75 Å². The van der Waals surface area contributed by atoms with Gasteiger partial charge >= 0.3 is 5.97 Å². The molecule has 19 heavy (non-hydrogen) atoms. The third-order valence-electron chi connectivity index (χ3n) is 2.95. The van der Waals surface area contributed by atoms with Crippen molar-refractivity contribution in [3.8, 4) is 16.9 Å². The Kier molecular flexibility index (Phi) is 3.76. The van der Waals surface area contributed by atoms with E-state index in [0.717, 1.165) is 0 Å². The van der Waals surface area contributed by atoms with Gasteiger partial charge in [-0.1, -0.05) is 29.8 Å². The summed E-state index contributed by atoms with van der Waals surface area (Å²) in [5, 5.41) is 9.85. The lowest BCUT2D eigenvalue weighted by Crippen LogP contribution is -2.03. The van der Waals surface area contributed by atoms with E-state index >= 15 is 0 Å². The van der Waals surface area contributed by atoms with Crippen molar-refractivity contribution in [1.29, 1.82) is 0 Å². The van der Waals surface area contributed by atoms with Gasteiger partial charge in [0.05, 0.1) is 12.7 Å². The molecule has 0 spiro atoms. The van der Waals surface area contributed by atoms with Gasteiger partial charge in [-0.3, -0.25) is 0 Å². The number of aryl methyl sites for hydroxylation is 1. The highest BCUT2D eigenvalue weighted by Crippen LogP contribution is 2.34. The highest BCUT2D eigenvalue weighted by Gasteiger charge is 2.16. The molecule has 2 aromatic carbocycles. The molecule has 2 rings (SSSR count). The van der Waals surface area contributed by atoms with Gasteiger partial charge in [-0.25, -0.2) is 4.79 Å². The van der Waals surface area contributed by atoms with Crippen LogP contribution < -0.4 is 4.74 Å². The van der Waals surface area contributed by atoms with E-state index in [1.54, 1.807) is 44.4 Å². The van der Waals surface area contributed by atoms with Gasteiger partial charge in [-0.05, 0) is 36.2 Å². The van der Waals surface area contributed by atoms with E-state index in [2.05, 4.69) is 0 Å². The molecule has 4 heteroatoms. The number of benzene rings is 2. The fourth-order valence-corrected chi connectivity index (χ4v) is 2.23. The Morgan fingerprint density at radius 1 is 1.21 bits per heavy atom. The highest BCUT2D eigenvalue weighted by atomic mass is 35.5. The van der Waals surface area contributed by atoms with Crippen LogP contribution >= 0.6 is 11.6 Å². The minimum atomic E-state index is -0.966. The van der Waals surface area contributed by atoms with Crippen LogP contribution in [0.4, 0.5) is 0 Å². The molecule has 98 valence electrons. The summed E-state index contributed by atoms with van der Waals surface area (Å²) in [5.74, 6) is -0.329. The average Bonchev–Trinajstić information content (AvgIpc) is 2.38. The lowest BCUT2D eigenvalue weighted by Gasteiger charge is -2.12. The van der Waals surface area contributed by atoms with Crippen LogP contribution in [0.1, 0.15) is 15.9 Å². The summed E-state index contributed by atoms with van der Waals surface area (Å²) in [6.45, 7) is 1.76. The molecule has 0 atom stereocenters. The second-order valence-corrected chi connectivity index (χ2v) is 4.56. The van der Waals surface area contributed by atoms with Gasteiger partial charge in [0, 0.05) is 10.6 Å². The van der Waals surface area contributed by atoms with Crippen LogP contribution in [0.15, 0.2) is 36.4 Å². The summed E-state index contributed by atoms with van der Waals surface area (Å²) < 4.78 is 5.16. The number of halogens is 1. The number of carbonyl (C=O) groups is 1. The molecular formula is C15H13ClO3. The molecule has 0 aromatic heterocycles. The first kappa shape index (κ1) is 13.4. The molecule has 0 aliphatic carbocycles. The van der Waals surface area contributed by atoms with Gasteiger partial charge in [-0.15, -0.1) is 0 Å². The second kappa shape index (κ2) is 5.33. The van der Waals surface area contributed by atoms with E-state index in [0.29, 0.717) is 27.5 Å². The summed E-state index contributed by atoms with van der Waals surface area (Å²) >= 11 is 6.17. The molecule has 0 heterocycles. The molecular weight excluding hydrogens is 264 g/mol. The van der Waals surface area contributed by atoms with E-state index in [1.807, 2.05) is 6.07 Å². The summed E-state index contributed by atoms with van der Waals surface area (Å²) in [6.07, 6.45) is 0. The van der Waals surface area contributed by atoms with Crippen molar-refractivity contribution in [2.45, 2.75) is 6.92 Å². The Bertz CT molecular complexity index is 635. The van der Waals surface area contributed by atoms with E-state index < -0.39 is 5.97 Å². The molecule has 0 unspecified atom stereocenters. The first-order chi connectivity index (χ1) is 9.04. The van der Waals surface area contributed by atoms with Crippen LogP contribution in [0.25, 0.3) is 11.1 Å². The number of carboxylic acids is 1. The van der Waals surface area contributed by atoms with Crippen molar-refractivity contribution in [2.75, 3.05) is 7.11 Å². The molecule has 0 saturated carbocycles. The zero-order valence-electron chi connectivity index (χ0n) is 10.6. The van der Waals surface area contributed by atoms with Gasteiger partial charge in [0.15, 0.2) is 0 Å². The number of ether oxygens (including phenoxy) is 1. The van der Waals surface area contributed by atoms with Crippen molar-refractivity contribution in [3.05, 3.63) is 52.5 Å². The lowest BCUT2D eigenvalue weighted by atomic mass is 9.96. The van der Waals surface area contributed by atoms with Crippen molar-refractivity contribution in [1.82, 2.24) is 0 Å². The van der Waals surface area contributed by atoms with E-state index in [4.69, 9.17) is 16.3 Å². The van der Waals surface area contributed by atoms with Crippen LogP contribution in [-0.2, 0) is 0 Å². The predicted molar refractivity (Wildman–Crippen MR) is 75.1 cm³/mol. The number of hydrogen-bond acceptors (Lipinski definition) is 2. The van der Waals surface area contributed by atoms with E-state index in [9.17, 15) is 9.90 Å². The Balaban J connectivity index is 2.72. The monoisotopic (exact) mass is 276 g/mol. The fourth-order valence-electron chi connectivity index (χ4n) is 2.01. The third-order valence-corrected chi connectivity index (χ3v) is 3.28. The number of carboxylic acid groups (broad SMARTS) is 1. The number of aromatic carboxylic acids is 1. The molecule has 0 amide bonds. The maximum absolute atomic E-state index is 11.4. The lowest BCUT2D eigenvalue weighted by molar-refractivity contribution is 0.0697. The minimum absolute atomic E-state index is 0.262. The quantitative estimate of drug-likeness (QED) is 0.921. The normalized spacial score (nSPS) is 10.3. The largest absolute Gasteiger partial charge is 0.497 e. The highest BCUT2D eigenvalue weighted by molar-refractivity contribution is 6.33. The first-order valence-corrected chi connectivity index (χ1v) is 6.09. The standard InChI is InChI=1S/C15H13ClO3/c1-9-4-3-5-11(14(9)15(17)18)12-8-10(19-2)6-7-13(12)16/h3-8H,1-2H3,(H,17,18). The summed E-state index contributed by atoms with van der Waals surface area (Å²) in [6, 6.07) is 10.5. The molecule has 0 bridgehead atoms. The molecule has 0 aliphatic rings. The molecule has 0 aliphatic heterocycles. The Labute approximate surface area is 116 Å². The van der Waals surface area contributed by atoms with Crippen LogP contribution in [0.3, 0.4) is 0 Å². The van der Waals surface area contributed by atoms with Crippen molar-refractivity contribution < 1.29 is 14.6 Å². The molecule has 0 fully saturated rings. The maximum atomic E-state index is 11.4. The fraction of sp³-hybridized carbons (Fsp3) is 0.133. The molecule has 1 N–H and O–H groups in total.